The van der Waals surface area contributed by atoms with Crippen LogP contribution in [0.4, 0.5) is 17.1 Å². The molecule has 2 aliphatic heterocycles. The second kappa shape index (κ2) is 8.27. The third-order valence-electron chi connectivity index (χ3n) is 5.76. The fourth-order valence-electron chi connectivity index (χ4n) is 4.01. The van der Waals surface area contributed by atoms with E-state index in [2.05, 4.69) is 10.6 Å². The number of nitro groups is 1. The normalized spacial score (nSPS) is 17.6. The van der Waals surface area contributed by atoms with Crippen LogP contribution in [0.1, 0.15) is 43.4 Å². The van der Waals surface area contributed by atoms with E-state index in [9.17, 15) is 23.3 Å². The maximum absolute atomic E-state index is 13.2. The Morgan fingerprint density at radius 1 is 1.13 bits per heavy atom. The summed E-state index contributed by atoms with van der Waals surface area (Å²) in [7, 11) is -3.85. The van der Waals surface area contributed by atoms with Gasteiger partial charge in [0.25, 0.3) is 5.69 Å². The first kappa shape index (κ1) is 21.3. The van der Waals surface area contributed by atoms with Gasteiger partial charge in [-0.2, -0.15) is 4.31 Å². The molecule has 0 bridgehead atoms. The lowest BCUT2D eigenvalue weighted by atomic mass is 9.97. The van der Waals surface area contributed by atoms with Crippen LogP contribution in [0.2, 0.25) is 0 Å². The lowest BCUT2D eigenvalue weighted by molar-refractivity contribution is -0.385. The second-order valence-corrected chi connectivity index (χ2v) is 9.79. The molecule has 0 unspecified atom stereocenters. The van der Waals surface area contributed by atoms with Crippen LogP contribution in [0.25, 0.3) is 0 Å². The zero-order valence-electron chi connectivity index (χ0n) is 17.1. The summed E-state index contributed by atoms with van der Waals surface area (Å²) in [6.07, 6.45) is 2.63. The summed E-state index contributed by atoms with van der Waals surface area (Å²) in [6, 6.07) is 9.35. The Balaban J connectivity index is 1.66. The van der Waals surface area contributed by atoms with E-state index in [0.717, 1.165) is 35.7 Å². The first-order valence-corrected chi connectivity index (χ1v) is 11.7. The van der Waals surface area contributed by atoms with Gasteiger partial charge in [0.05, 0.1) is 10.6 Å². The number of fused-ring (bicyclic) bond motifs is 1. The van der Waals surface area contributed by atoms with Crippen molar-refractivity contribution in [1.29, 1.82) is 0 Å². The van der Waals surface area contributed by atoms with Gasteiger partial charge in [-0.1, -0.05) is 12.1 Å². The van der Waals surface area contributed by atoms with E-state index in [0.29, 0.717) is 31.6 Å². The summed E-state index contributed by atoms with van der Waals surface area (Å²) >= 11 is 0. The number of non-ortho nitro benzene ring substituents is 1. The zero-order chi connectivity index (χ0) is 22.2. The fraction of sp³-hybridized carbons (Fsp3) is 0.381. The van der Waals surface area contributed by atoms with Gasteiger partial charge in [0.15, 0.2) is 0 Å². The van der Waals surface area contributed by atoms with Crippen molar-refractivity contribution in [3.05, 3.63) is 57.6 Å². The molecule has 2 heterocycles. The molecule has 2 aliphatic rings. The predicted molar refractivity (Wildman–Crippen MR) is 117 cm³/mol. The van der Waals surface area contributed by atoms with Gasteiger partial charge in [-0.15, -0.1) is 0 Å². The highest BCUT2D eigenvalue weighted by Gasteiger charge is 2.31. The molecule has 2 aromatic rings. The number of rotatable bonds is 6. The van der Waals surface area contributed by atoms with Crippen molar-refractivity contribution >= 4 is 33.0 Å². The number of carbonyl (C=O) groups excluding carboxylic acids is 1. The number of nitrogens with one attached hydrogen (secondary N) is 2. The van der Waals surface area contributed by atoms with Gasteiger partial charge >= 0.3 is 0 Å². The lowest BCUT2D eigenvalue weighted by Gasteiger charge is -2.23. The molecule has 0 spiro atoms. The average Bonchev–Trinajstić information content (AvgIpc) is 3.29. The number of carbonyl (C=O) groups is 1. The van der Waals surface area contributed by atoms with Crippen LogP contribution in [0.3, 0.4) is 0 Å². The van der Waals surface area contributed by atoms with Gasteiger partial charge in [-0.25, -0.2) is 8.42 Å². The standard InChI is InChI=1S/C21H24N4O5S/c1-14(15-4-7-18-16(12-15)5-9-21(26)23-18)22-19-8-6-17(25(27)28)13-20(19)31(29,30)24-10-2-3-11-24/h4,6-8,12-14,22H,2-3,5,9-11H2,1H3,(H,23,26)/t14-/m1/s1. The minimum absolute atomic E-state index is 0.00550. The van der Waals surface area contributed by atoms with E-state index in [-0.39, 0.29) is 22.5 Å². The number of hydrogen-bond donors (Lipinski definition) is 2. The SMILES string of the molecule is C[C@@H](Nc1ccc([N+](=O)[O-])cc1S(=O)(=O)N1CCCC1)c1ccc2c(c1)CCC(=O)N2. The number of nitro benzene ring substituents is 1. The zero-order valence-corrected chi connectivity index (χ0v) is 17.9. The number of nitrogens with zero attached hydrogens (tertiary/aromatic N) is 2. The first-order chi connectivity index (χ1) is 14.8. The summed E-state index contributed by atoms with van der Waals surface area (Å²) in [5.41, 5.74) is 2.81. The smallest absolute Gasteiger partial charge is 0.270 e. The molecule has 2 aromatic carbocycles. The van der Waals surface area contributed by atoms with Gasteiger partial charge in [0.1, 0.15) is 4.90 Å². The maximum Gasteiger partial charge on any atom is 0.270 e. The van der Waals surface area contributed by atoms with E-state index in [1.165, 1.54) is 16.4 Å². The quantitative estimate of drug-likeness (QED) is 0.520. The largest absolute Gasteiger partial charge is 0.377 e. The molecule has 1 amide bonds. The van der Waals surface area contributed by atoms with Gasteiger partial charge in [0, 0.05) is 43.4 Å². The van der Waals surface area contributed by atoms with Crippen LogP contribution >= 0.6 is 0 Å². The third-order valence-corrected chi connectivity index (χ3v) is 7.69. The van der Waals surface area contributed by atoms with E-state index in [1.807, 2.05) is 25.1 Å². The van der Waals surface area contributed by atoms with Crippen molar-refractivity contribution in [3.63, 3.8) is 0 Å². The highest BCUT2D eigenvalue weighted by molar-refractivity contribution is 7.89. The number of anilines is 2. The molecule has 1 saturated heterocycles. The monoisotopic (exact) mass is 444 g/mol. The van der Waals surface area contributed by atoms with E-state index >= 15 is 0 Å². The summed E-state index contributed by atoms with van der Waals surface area (Å²) < 4.78 is 27.8. The van der Waals surface area contributed by atoms with Crippen molar-refractivity contribution < 1.29 is 18.1 Å². The van der Waals surface area contributed by atoms with E-state index in [1.54, 1.807) is 0 Å². The number of benzene rings is 2. The number of sulfonamides is 1. The average molecular weight is 445 g/mol. The van der Waals surface area contributed by atoms with Crippen LogP contribution < -0.4 is 10.6 Å². The highest BCUT2D eigenvalue weighted by atomic mass is 32.2. The van der Waals surface area contributed by atoms with Crippen molar-refractivity contribution in [2.45, 2.75) is 43.5 Å². The molecule has 2 N–H and O–H groups in total. The van der Waals surface area contributed by atoms with Crippen molar-refractivity contribution in [1.82, 2.24) is 4.31 Å². The Morgan fingerprint density at radius 3 is 2.58 bits per heavy atom. The van der Waals surface area contributed by atoms with Gasteiger partial charge in [0.2, 0.25) is 15.9 Å². The Labute approximate surface area is 180 Å². The fourth-order valence-corrected chi connectivity index (χ4v) is 5.71. The molecule has 0 aliphatic carbocycles. The Bertz CT molecular complexity index is 1140. The molecular formula is C21H24N4O5S. The number of amides is 1. The van der Waals surface area contributed by atoms with Gasteiger partial charge < -0.3 is 10.6 Å². The van der Waals surface area contributed by atoms with Crippen LogP contribution in [-0.2, 0) is 21.2 Å². The van der Waals surface area contributed by atoms with E-state index in [4.69, 9.17) is 0 Å². The first-order valence-electron chi connectivity index (χ1n) is 10.2. The molecule has 0 saturated carbocycles. The second-order valence-electron chi connectivity index (χ2n) is 7.88. The van der Waals surface area contributed by atoms with Crippen LogP contribution in [0.5, 0.6) is 0 Å². The van der Waals surface area contributed by atoms with Crippen LogP contribution in [-0.4, -0.2) is 36.6 Å². The molecule has 4 rings (SSSR count). The molecule has 0 aromatic heterocycles. The third kappa shape index (κ3) is 4.26. The Kier molecular flexibility index (Phi) is 5.67. The minimum atomic E-state index is -3.85. The molecule has 164 valence electrons. The molecule has 0 radical (unpaired) electrons. The summed E-state index contributed by atoms with van der Waals surface area (Å²) in [6.45, 7) is 2.73. The molecule has 1 fully saturated rings. The Hall–Kier alpha value is -2.98. The van der Waals surface area contributed by atoms with Crippen LogP contribution in [0.15, 0.2) is 41.3 Å². The summed E-state index contributed by atoms with van der Waals surface area (Å²) in [4.78, 5) is 22.2. The predicted octanol–water partition coefficient (Wildman–Crippen LogP) is 3.44. The molecular weight excluding hydrogens is 420 g/mol. The maximum atomic E-state index is 13.2. The molecule has 10 heteroatoms. The Morgan fingerprint density at radius 2 is 1.87 bits per heavy atom. The topological polar surface area (TPSA) is 122 Å². The molecule has 1 atom stereocenters. The van der Waals surface area contributed by atoms with Crippen LogP contribution in [0, 0.1) is 10.1 Å². The van der Waals surface area contributed by atoms with Crippen molar-refractivity contribution in [2.24, 2.45) is 0 Å². The van der Waals surface area contributed by atoms with Gasteiger partial charge in [-0.05, 0) is 49.4 Å². The summed E-state index contributed by atoms with van der Waals surface area (Å²) in [5.74, 6) is -0.00550. The number of aryl methyl sites for hydroxylation is 1. The minimum Gasteiger partial charge on any atom is -0.377 e. The summed E-state index contributed by atoms with van der Waals surface area (Å²) in [5, 5.41) is 17.3. The lowest BCUT2D eigenvalue weighted by Crippen LogP contribution is -2.28. The highest BCUT2D eigenvalue weighted by Crippen LogP contribution is 2.34. The van der Waals surface area contributed by atoms with Crippen molar-refractivity contribution in [3.8, 4) is 0 Å². The molecule has 31 heavy (non-hydrogen) atoms. The van der Waals surface area contributed by atoms with Gasteiger partial charge in [-0.3, -0.25) is 14.9 Å². The molecule has 9 nitrogen and oxygen atoms in total. The van der Waals surface area contributed by atoms with E-state index < -0.39 is 14.9 Å². The van der Waals surface area contributed by atoms with Crippen molar-refractivity contribution in [2.75, 3.05) is 23.7 Å². The number of hydrogen-bond acceptors (Lipinski definition) is 6.